The van der Waals surface area contributed by atoms with Crippen molar-refractivity contribution in [2.75, 3.05) is 12.4 Å². The second-order valence-corrected chi connectivity index (χ2v) is 4.89. The van der Waals surface area contributed by atoms with Gasteiger partial charge in [0, 0.05) is 5.69 Å². The van der Waals surface area contributed by atoms with Gasteiger partial charge in [0.2, 0.25) is 5.91 Å². The zero-order valence-corrected chi connectivity index (χ0v) is 12.5. The van der Waals surface area contributed by atoms with E-state index in [0.717, 1.165) is 17.0 Å². The van der Waals surface area contributed by atoms with Gasteiger partial charge in [-0.05, 0) is 43.2 Å². The highest BCUT2D eigenvalue weighted by Crippen LogP contribution is 2.16. The molecule has 5 nitrogen and oxygen atoms in total. The normalized spacial score (nSPS) is 11.3. The monoisotopic (exact) mass is 295 g/mol. The Morgan fingerprint density at radius 1 is 1.32 bits per heavy atom. The van der Waals surface area contributed by atoms with Gasteiger partial charge in [-0.15, -0.1) is 0 Å². The molecule has 22 heavy (non-hydrogen) atoms. The molecule has 0 fully saturated rings. The molecule has 1 aromatic heterocycles. The van der Waals surface area contributed by atoms with Crippen molar-refractivity contribution < 1.29 is 9.53 Å². The average Bonchev–Trinajstić information content (AvgIpc) is 2.53. The number of anilines is 1. The number of benzene rings is 1. The fourth-order valence-corrected chi connectivity index (χ4v) is 2.02. The molecule has 1 atom stereocenters. The fourth-order valence-electron chi connectivity index (χ4n) is 2.02. The standard InChI is InChI=1S/C17H17N3O2/c1-12-4-3-5-16(19-12)20-17(21)14(11-18)10-13-6-8-15(22-2)9-7-13/h3-9,14H,10H2,1-2H3,(H,19,20,21). The van der Waals surface area contributed by atoms with E-state index in [4.69, 9.17) is 4.74 Å². The molecule has 0 radical (unpaired) electrons. The summed E-state index contributed by atoms with van der Waals surface area (Å²) >= 11 is 0. The number of nitrogens with zero attached hydrogens (tertiary/aromatic N) is 2. The maximum atomic E-state index is 12.2. The molecule has 1 heterocycles. The molecule has 2 aromatic rings. The predicted octanol–water partition coefficient (Wildman–Crippen LogP) is 2.72. The van der Waals surface area contributed by atoms with Crippen molar-refractivity contribution >= 4 is 11.7 Å². The van der Waals surface area contributed by atoms with Gasteiger partial charge in [-0.1, -0.05) is 18.2 Å². The first kappa shape index (κ1) is 15.5. The minimum atomic E-state index is -0.768. The number of aromatic nitrogens is 1. The summed E-state index contributed by atoms with van der Waals surface area (Å²) in [6.07, 6.45) is 0.345. The lowest BCUT2D eigenvalue weighted by Crippen LogP contribution is -2.24. The quantitative estimate of drug-likeness (QED) is 0.920. The third-order valence-electron chi connectivity index (χ3n) is 3.21. The van der Waals surface area contributed by atoms with E-state index in [1.54, 1.807) is 13.2 Å². The number of hydrogen-bond acceptors (Lipinski definition) is 4. The van der Waals surface area contributed by atoms with Gasteiger partial charge in [-0.25, -0.2) is 4.98 Å². The Labute approximate surface area is 129 Å². The Hall–Kier alpha value is -2.87. The number of methoxy groups -OCH3 is 1. The number of pyridine rings is 1. The molecule has 0 bridgehead atoms. The fraction of sp³-hybridized carbons (Fsp3) is 0.235. The minimum absolute atomic E-state index is 0.345. The Morgan fingerprint density at radius 2 is 2.05 bits per heavy atom. The molecule has 0 aliphatic heterocycles. The summed E-state index contributed by atoms with van der Waals surface area (Å²) in [5.41, 5.74) is 1.71. The van der Waals surface area contributed by atoms with Gasteiger partial charge in [0.25, 0.3) is 0 Å². The number of aryl methyl sites for hydroxylation is 1. The van der Waals surface area contributed by atoms with E-state index in [-0.39, 0.29) is 5.91 Å². The zero-order chi connectivity index (χ0) is 15.9. The summed E-state index contributed by atoms with van der Waals surface area (Å²) in [6.45, 7) is 1.84. The maximum absolute atomic E-state index is 12.2. The molecule has 1 unspecified atom stereocenters. The second-order valence-electron chi connectivity index (χ2n) is 4.89. The Kier molecular flexibility index (Phi) is 5.10. The number of nitrogens with one attached hydrogen (secondary N) is 1. The third kappa shape index (κ3) is 4.06. The first-order valence-electron chi connectivity index (χ1n) is 6.89. The first-order chi connectivity index (χ1) is 10.6. The summed E-state index contributed by atoms with van der Waals surface area (Å²) < 4.78 is 5.09. The van der Waals surface area contributed by atoms with Crippen LogP contribution in [0, 0.1) is 24.2 Å². The van der Waals surface area contributed by atoms with E-state index < -0.39 is 5.92 Å². The van der Waals surface area contributed by atoms with Crippen LogP contribution < -0.4 is 10.1 Å². The van der Waals surface area contributed by atoms with Crippen LogP contribution in [0.15, 0.2) is 42.5 Å². The lowest BCUT2D eigenvalue weighted by Gasteiger charge is -2.10. The van der Waals surface area contributed by atoms with Crippen LogP contribution >= 0.6 is 0 Å². The molecule has 0 saturated heterocycles. The summed E-state index contributed by atoms with van der Waals surface area (Å²) in [5, 5.41) is 11.9. The zero-order valence-electron chi connectivity index (χ0n) is 12.5. The Morgan fingerprint density at radius 3 is 2.64 bits per heavy atom. The van der Waals surface area contributed by atoms with E-state index in [9.17, 15) is 10.1 Å². The first-order valence-corrected chi connectivity index (χ1v) is 6.89. The van der Waals surface area contributed by atoms with Gasteiger partial charge in [-0.3, -0.25) is 4.79 Å². The molecular weight excluding hydrogens is 278 g/mol. The highest BCUT2D eigenvalue weighted by atomic mass is 16.5. The molecule has 0 spiro atoms. The number of rotatable bonds is 5. The highest BCUT2D eigenvalue weighted by molar-refractivity contribution is 5.93. The lowest BCUT2D eigenvalue weighted by molar-refractivity contribution is -0.118. The molecule has 1 N–H and O–H groups in total. The van der Waals surface area contributed by atoms with E-state index in [2.05, 4.69) is 10.3 Å². The van der Waals surface area contributed by atoms with Crippen LogP contribution in [0.2, 0.25) is 0 Å². The van der Waals surface area contributed by atoms with E-state index >= 15 is 0 Å². The summed E-state index contributed by atoms with van der Waals surface area (Å²) in [5.74, 6) is 0.0813. The molecule has 0 aliphatic rings. The summed E-state index contributed by atoms with van der Waals surface area (Å²) in [7, 11) is 1.59. The summed E-state index contributed by atoms with van der Waals surface area (Å²) in [4.78, 5) is 16.4. The number of carbonyl (C=O) groups is 1. The number of ether oxygens (including phenoxy) is 1. The van der Waals surface area contributed by atoms with Crippen LogP contribution in [0.3, 0.4) is 0 Å². The maximum Gasteiger partial charge on any atom is 0.243 e. The molecule has 5 heteroatoms. The van der Waals surface area contributed by atoms with Crippen molar-refractivity contribution in [2.24, 2.45) is 5.92 Å². The van der Waals surface area contributed by atoms with Crippen LogP contribution in [-0.2, 0) is 11.2 Å². The van der Waals surface area contributed by atoms with Crippen LogP contribution in [0.5, 0.6) is 5.75 Å². The predicted molar refractivity (Wildman–Crippen MR) is 83.4 cm³/mol. The SMILES string of the molecule is COc1ccc(CC(C#N)C(=O)Nc2cccc(C)n2)cc1. The number of hydrogen-bond donors (Lipinski definition) is 1. The van der Waals surface area contributed by atoms with Crippen molar-refractivity contribution in [3.8, 4) is 11.8 Å². The van der Waals surface area contributed by atoms with Gasteiger partial charge in [-0.2, -0.15) is 5.26 Å². The largest absolute Gasteiger partial charge is 0.497 e. The molecule has 2 rings (SSSR count). The second kappa shape index (κ2) is 7.23. The topological polar surface area (TPSA) is 75.0 Å². The molecule has 0 saturated carbocycles. The van der Waals surface area contributed by atoms with Crippen molar-refractivity contribution in [1.82, 2.24) is 4.98 Å². The Balaban J connectivity index is 2.04. The van der Waals surface area contributed by atoms with Gasteiger partial charge in [0.15, 0.2) is 0 Å². The van der Waals surface area contributed by atoms with Crippen molar-refractivity contribution in [3.05, 3.63) is 53.7 Å². The third-order valence-corrected chi connectivity index (χ3v) is 3.21. The van der Waals surface area contributed by atoms with Crippen LogP contribution in [0.4, 0.5) is 5.82 Å². The van der Waals surface area contributed by atoms with Crippen LogP contribution in [0.25, 0.3) is 0 Å². The van der Waals surface area contributed by atoms with Gasteiger partial charge in [0.05, 0.1) is 13.2 Å². The number of nitriles is 1. The molecular formula is C17H17N3O2. The molecule has 112 valence electrons. The van der Waals surface area contributed by atoms with Gasteiger partial charge >= 0.3 is 0 Å². The van der Waals surface area contributed by atoms with E-state index in [0.29, 0.717) is 12.2 Å². The van der Waals surface area contributed by atoms with Crippen molar-refractivity contribution in [3.63, 3.8) is 0 Å². The number of carbonyl (C=O) groups excluding carboxylic acids is 1. The van der Waals surface area contributed by atoms with Crippen molar-refractivity contribution in [2.45, 2.75) is 13.3 Å². The average molecular weight is 295 g/mol. The Bertz CT molecular complexity index is 690. The van der Waals surface area contributed by atoms with Crippen molar-refractivity contribution in [1.29, 1.82) is 5.26 Å². The van der Waals surface area contributed by atoms with Crippen LogP contribution in [0.1, 0.15) is 11.3 Å². The smallest absolute Gasteiger partial charge is 0.243 e. The van der Waals surface area contributed by atoms with Gasteiger partial charge in [0.1, 0.15) is 17.5 Å². The molecule has 0 aliphatic carbocycles. The molecule has 1 amide bonds. The summed E-state index contributed by atoms with van der Waals surface area (Å²) in [6, 6.07) is 14.7. The number of amides is 1. The minimum Gasteiger partial charge on any atom is -0.497 e. The van der Waals surface area contributed by atoms with Gasteiger partial charge < -0.3 is 10.1 Å². The highest BCUT2D eigenvalue weighted by Gasteiger charge is 2.19. The van der Waals surface area contributed by atoms with Crippen LogP contribution in [-0.4, -0.2) is 18.0 Å². The molecule has 1 aromatic carbocycles. The lowest BCUT2D eigenvalue weighted by atomic mass is 10.00. The van der Waals surface area contributed by atoms with E-state index in [1.165, 1.54) is 0 Å². The van der Waals surface area contributed by atoms with E-state index in [1.807, 2.05) is 49.4 Å².